The number of nitrogens with zero attached hydrogens (tertiary/aromatic N) is 3. The maximum Gasteiger partial charge on any atom is 0.419 e. The maximum absolute atomic E-state index is 12.6. The molecule has 0 aliphatic carbocycles. The van der Waals surface area contributed by atoms with E-state index in [-0.39, 0.29) is 11.7 Å². The summed E-state index contributed by atoms with van der Waals surface area (Å²) in [5, 5.41) is 0. The zero-order valence-electron chi connectivity index (χ0n) is 15.2. The lowest BCUT2D eigenvalue weighted by Crippen LogP contribution is -2.48. The average Bonchev–Trinajstić information content (AvgIpc) is 3.02. The van der Waals surface area contributed by atoms with Crippen LogP contribution >= 0.6 is 0 Å². The number of piperidine rings is 2. The van der Waals surface area contributed by atoms with Crippen molar-refractivity contribution in [2.45, 2.75) is 51.1 Å². The molecular formula is C20H27N3O3. The fourth-order valence-electron chi connectivity index (χ4n) is 4.36. The molecule has 6 heteroatoms. The smallest absolute Gasteiger partial charge is 0.408 e. The lowest BCUT2D eigenvalue weighted by atomic mass is 10.00. The quantitative estimate of drug-likeness (QED) is 0.843. The monoisotopic (exact) mass is 357 g/mol. The number of oxazole rings is 1. The van der Waals surface area contributed by atoms with Crippen molar-refractivity contribution in [3.05, 3.63) is 34.8 Å². The Bertz CT molecular complexity index is 811. The first-order chi connectivity index (χ1) is 12.7. The highest BCUT2D eigenvalue weighted by Crippen LogP contribution is 2.21. The lowest BCUT2D eigenvalue weighted by molar-refractivity contribution is -0.133. The number of likely N-dealkylation sites (tertiary alicyclic amines) is 2. The Balaban J connectivity index is 1.31. The molecule has 2 aliphatic heterocycles. The van der Waals surface area contributed by atoms with Gasteiger partial charge in [0.15, 0.2) is 5.58 Å². The van der Waals surface area contributed by atoms with Gasteiger partial charge in [0.25, 0.3) is 0 Å². The molecule has 26 heavy (non-hydrogen) atoms. The van der Waals surface area contributed by atoms with Crippen molar-refractivity contribution >= 4 is 17.0 Å². The summed E-state index contributed by atoms with van der Waals surface area (Å²) in [6.07, 6.45) is 6.47. The van der Waals surface area contributed by atoms with Crippen molar-refractivity contribution in [3.8, 4) is 0 Å². The van der Waals surface area contributed by atoms with Gasteiger partial charge in [-0.2, -0.15) is 0 Å². The predicted molar refractivity (Wildman–Crippen MR) is 100 cm³/mol. The molecule has 1 aromatic carbocycles. The average molecular weight is 357 g/mol. The maximum atomic E-state index is 12.6. The van der Waals surface area contributed by atoms with Gasteiger partial charge in [0.05, 0.1) is 5.52 Å². The zero-order chi connectivity index (χ0) is 17.9. The molecule has 0 saturated carbocycles. The Morgan fingerprint density at radius 3 is 2.54 bits per heavy atom. The Morgan fingerprint density at radius 2 is 1.77 bits per heavy atom. The molecular weight excluding hydrogens is 330 g/mol. The summed E-state index contributed by atoms with van der Waals surface area (Å²) in [6, 6.07) is 7.99. The van der Waals surface area contributed by atoms with Gasteiger partial charge in [-0.1, -0.05) is 18.6 Å². The van der Waals surface area contributed by atoms with Crippen LogP contribution in [0.15, 0.2) is 33.5 Å². The van der Waals surface area contributed by atoms with Crippen molar-refractivity contribution in [3.63, 3.8) is 0 Å². The number of fused-ring (bicyclic) bond motifs is 1. The Labute approximate surface area is 153 Å². The van der Waals surface area contributed by atoms with Crippen LogP contribution in [0.25, 0.3) is 11.1 Å². The highest BCUT2D eigenvalue weighted by Gasteiger charge is 2.27. The minimum absolute atomic E-state index is 0.138. The molecule has 0 radical (unpaired) electrons. The van der Waals surface area contributed by atoms with Crippen LogP contribution in [0.1, 0.15) is 38.5 Å². The van der Waals surface area contributed by atoms with Gasteiger partial charge in [-0.15, -0.1) is 0 Å². The van der Waals surface area contributed by atoms with Crippen LogP contribution in [0.2, 0.25) is 0 Å². The Hall–Kier alpha value is -2.08. The van der Waals surface area contributed by atoms with E-state index in [4.69, 9.17) is 4.42 Å². The number of rotatable bonds is 4. The molecule has 140 valence electrons. The van der Waals surface area contributed by atoms with Gasteiger partial charge in [0, 0.05) is 32.1 Å². The van der Waals surface area contributed by atoms with E-state index < -0.39 is 0 Å². The molecule has 0 atom stereocenters. The van der Waals surface area contributed by atoms with E-state index in [1.807, 2.05) is 23.1 Å². The molecule has 2 aliphatic rings. The fraction of sp³-hybridized carbons (Fsp3) is 0.600. The lowest BCUT2D eigenvalue weighted by Gasteiger charge is -2.40. The molecule has 6 nitrogen and oxygen atoms in total. The molecule has 0 unspecified atom stereocenters. The number of aromatic nitrogens is 1. The summed E-state index contributed by atoms with van der Waals surface area (Å²) in [5.74, 6) is -0.248. The highest BCUT2D eigenvalue weighted by molar-refractivity contribution is 5.77. The van der Waals surface area contributed by atoms with E-state index in [2.05, 4.69) is 4.90 Å². The van der Waals surface area contributed by atoms with Gasteiger partial charge >= 0.3 is 5.76 Å². The van der Waals surface area contributed by atoms with Gasteiger partial charge in [-0.25, -0.2) is 4.79 Å². The fourth-order valence-corrected chi connectivity index (χ4v) is 4.36. The van der Waals surface area contributed by atoms with Crippen LogP contribution < -0.4 is 5.76 Å². The summed E-state index contributed by atoms with van der Waals surface area (Å²) in [6.45, 7) is 4.48. The first-order valence-corrected chi connectivity index (χ1v) is 9.82. The first kappa shape index (κ1) is 17.3. The van der Waals surface area contributed by atoms with Crippen LogP contribution in [0.5, 0.6) is 0 Å². The largest absolute Gasteiger partial charge is 0.419 e. The van der Waals surface area contributed by atoms with Crippen molar-refractivity contribution in [1.29, 1.82) is 0 Å². The van der Waals surface area contributed by atoms with Crippen molar-refractivity contribution in [2.24, 2.45) is 0 Å². The van der Waals surface area contributed by atoms with Crippen molar-refractivity contribution in [2.75, 3.05) is 26.2 Å². The van der Waals surface area contributed by atoms with E-state index in [1.165, 1.54) is 32.4 Å². The number of carbonyl (C=O) groups excluding carboxylic acids is 1. The molecule has 4 rings (SSSR count). The van der Waals surface area contributed by atoms with Crippen LogP contribution in [-0.4, -0.2) is 52.5 Å². The highest BCUT2D eigenvalue weighted by atomic mass is 16.4. The Morgan fingerprint density at radius 1 is 1.04 bits per heavy atom. The van der Waals surface area contributed by atoms with Gasteiger partial charge in [-0.3, -0.25) is 9.36 Å². The second-order valence-electron chi connectivity index (χ2n) is 7.45. The number of benzene rings is 1. The summed E-state index contributed by atoms with van der Waals surface area (Å²) in [4.78, 5) is 29.2. The third-order valence-corrected chi connectivity index (χ3v) is 5.85. The number of hydrogen-bond donors (Lipinski definition) is 0. The van der Waals surface area contributed by atoms with E-state index in [0.717, 1.165) is 31.4 Å². The number of para-hydroxylation sites is 2. The van der Waals surface area contributed by atoms with Crippen LogP contribution in [0, 0.1) is 0 Å². The van der Waals surface area contributed by atoms with Gasteiger partial charge < -0.3 is 14.2 Å². The molecule has 2 aromatic rings. The summed E-state index contributed by atoms with van der Waals surface area (Å²) < 4.78 is 6.80. The first-order valence-electron chi connectivity index (χ1n) is 9.82. The summed E-state index contributed by atoms with van der Waals surface area (Å²) in [7, 11) is 0. The number of carbonyl (C=O) groups is 1. The predicted octanol–water partition coefficient (Wildman–Crippen LogP) is 2.46. The second-order valence-corrected chi connectivity index (χ2v) is 7.45. The third kappa shape index (κ3) is 3.56. The topological polar surface area (TPSA) is 58.7 Å². The number of aryl methyl sites for hydroxylation is 1. The van der Waals surface area contributed by atoms with Gasteiger partial charge in [0.1, 0.15) is 0 Å². The molecule has 0 N–H and O–H groups in total. The van der Waals surface area contributed by atoms with Gasteiger partial charge in [0.2, 0.25) is 5.91 Å². The third-order valence-electron chi connectivity index (χ3n) is 5.85. The van der Waals surface area contributed by atoms with E-state index in [1.54, 1.807) is 10.6 Å². The minimum Gasteiger partial charge on any atom is -0.408 e. The molecule has 2 saturated heterocycles. The standard InChI is InChI=1S/C20H27N3O3/c24-19(10-15-23-17-6-2-3-7-18(17)26-20(23)25)22-13-8-16(9-14-22)21-11-4-1-5-12-21/h2-3,6-7,16H,1,4-5,8-15H2. The van der Waals surface area contributed by atoms with E-state index >= 15 is 0 Å². The number of hydrogen-bond acceptors (Lipinski definition) is 4. The minimum atomic E-state index is -0.386. The van der Waals surface area contributed by atoms with Crippen LogP contribution in [0.3, 0.4) is 0 Å². The number of amides is 1. The molecule has 1 aromatic heterocycles. The van der Waals surface area contributed by atoms with Gasteiger partial charge in [-0.05, 0) is 50.9 Å². The molecule has 1 amide bonds. The Kier molecular flexibility index (Phi) is 5.11. The SMILES string of the molecule is O=C(CCn1c(=O)oc2ccccc21)N1CCC(N2CCCCC2)CC1. The normalized spacial score (nSPS) is 19.9. The summed E-state index contributed by atoms with van der Waals surface area (Å²) in [5.41, 5.74) is 1.33. The molecule has 0 spiro atoms. The second kappa shape index (κ2) is 7.66. The molecule has 0 bridgehead atoms. The van der Waals surface area contributed by atoms with E-state index in [0.29, 0.717) is 24.6 Å². The molecule has 2 fully saturated rings. The van der Waals surface area contributed by atoms with E-state index in [9.17, 15) is 9.59 Å². The van der Waals surface area contributed by atoms with Crippen molar-refractivity contribution < 1.29 is 9.21 Å². The van der Waals surface area contributed by atoms with Crippen molar-refractivity contribution in [1.82, 2.24) is 14.4 Å². The van der Waals surface area contributed by atoms with Crippen LogP contribution in [0.4, 0.5) is 0 Å². The summed E-state index contributed by atoms with van der Waals surface area (Å²) >= 11 is 0. The van der Waals surface area contributed by atoms with Crippen LogP contribution in [-0.2, 0) is 11.3 Å². The molecule has 3 heterocycles. The zero-order valence-corrected chi connectivity index (χ0v) is 15.2.